The van der Waals surface area contributed by atoms with Gasteiger partial charge in [0.05, 0.1) is 0 Å². The van der Waals surface area contributed by atoms with Crippen LogP contribution in [0.5, 0.6) is 0 Å². The third kappa shape index (κ3) is 6.81. The summed E-state index contributed by atoms with van der Waals surface area (Å²) >= 11 is 0. The number of aryl methyl sites for hydroxylation is 2. The minimum Gasteiger partial charge on any atom is -0.305 e. The molecule has 0 bridgehead atoms. The van der Waals surface area contributed by atoms with E-state index < -0.39 is 0 Å². The van der Waals surface area contributed by atoms with Gasteiger partial charge >= 0.3 is 0 Å². The fourth-order valence-corrected chi connectivity index (χ4v) is 5.95. The summed E-state index contributed by atoms with van der Waals surface area (Å²) in [6.45, 7) is 11.0. The van der Waals surface area contributed by atoms with Crippen LogP contribution in [0.25, 0.3) is 45.3 Å². The van der Waals surface area contributed by atoms with Crippen LogP contribution in [0.1, 0.15) is 47.2 Å². The molecule has 7 rings (SSSR count). The van der Waals surface area contributed by atoms with Crippen LogP contribution in [-0.4, -0.2) is 9.97 Å². The Morgan fingerprint density at radius 3 is 2.11 bits per heavy atom. The maximum atomic E-state index is 4.55. The van der Waals surface area contributed by atoms with E-state index in [1.165, 1.54) is 50.1 Å². The molecular formula is C42H36IrN2-2. The third-order valence-electron chi connectivity index (χ3n) is 8.44. The maximum Gasteiger partial charge on any atom is 0.0190 e. The van der Waals surface area contributed by atoms with E-state index in [2.05, 4.69) is 123 Å². The summed E-state index contributed by atoms with van der Waals surface area (Å²) in [4.78, 5) is 8.86. The average molecular weight is 761 g/mol. The summed E-state index contributed by atoms with van der Waals surface area (Å²) < 4.78 is 0. The first-order chi connectivity index (χ1) is 21.3. The van der Waals surface area contributed by atoms with Gasteiger partial charge in [0, 0.05) is 37.9 Å². The molecule has 0 amide bonds. The number of rotatable bonds is 4. The van der Waals surface area contributed by atoms with Crippen molar-refractivity contribution in [1.82, 2.24) is 9.97 Å². The molecule has 6 aromatic rings. The summed E-state index contributed by atoms with van der Waals surface area (Å²) in [5.74, 6) is 0. The Labute approximate surface area is 281 Å². The Hall–Kier alpha value is -4.43. The quantitative estimate of drug-likeness (QED) is 0.167. The van der Waals surface area contributed by atoms with E-state index in [9.17, 15) is 0 Å². The fourth-order valence-electron chi connectivity index (χ4n) is 5.95. The molecule has 2 heterocycles. The number of hydrogen-bond acceptors (Lipinski definition) is 2. The number of fused-ring (bicyclic) bond motifs is 1. The van der Waals surface area contributed by atoms with E-state index in [1.54, 1.807) is 0 Å². The molecular weight excluding hydrogens is 725 g/mol. The van der Waals surface area contributed by atoms with Gasteiger partial charge in [-0.2, -0.15) is 0 Å². The zero-order valence-electron chi connectivity index (χ0n) is 26.4. The first-order valence-electron chi connectivity index (χ1n) is 15.1. The second kappa shape index (κ2) is 13.7. The van der Waals surface area contributed by atoms with Crippen molar-refractivity contribution in [3.8, 4) is 33.6 Å². The van der Waals surface area contributed by atoms with Gasteiger partial charge < -0.3 is 9.97 Å². The molecule has 45 heavy (non-hydrogen) atoms. The Bertz CT molecular complexity index is 1940. The average Bonchev–Trinajstić information content (AvgIpc) is 3.33. The van der Waals surface area contributed by atoms with Crippen LogP contribution in [0.15, 0.2) is 122 Å². The molecule has 0 saturated carbocycles. The molecule has 4 aromatic carbocycles. The number of pyridine rings is 2. The van der Waals surface area contributed by atoms with Crippen LogP contribution in [0.4, 0.5) is 0 Å². The number of allylic oxidation sites excluding steroid dienone is 1. The van der Waals surface area contributed by atoms with Crippen molar-refractivity contribution in [3.63, 3.8) is 0 Å². The van der Waals surface area contributed by atoms with Gasteiger partial charge in [0.25, 0.3) is 0 Å². The van der Waals surface area contributed by atoms with Crippen molar-refractivity contribution in [1.29, 1.82) is 0 Å². The van der Waals surface area contributed by atoms with Crippen LogP contribution in [0, 0.1) is 32.9 Å². The first kappa shape index (κ1) is 32.0. The van der Waals surface area contributed by atoms with Crippen molar-refractivity contribution < 1.29 is 20.1 Å². The molecule has 1 aliphatic rings. The van der Waals surface area contributed by atoms with Crippen molar-refractivity contribution in [3.05, 3.63) is 167 Å². The minimum absolute atomic E-state index is 0. The number of hydrogen-bond donors (Lipinski definition) is 0. The Kier molecular flexibility index (Phi) is 9.73. The Balaban J connectivity index is 0.000000240. The van der Waals surface area contributed by atoms with E-state index in [0.717, 1.165) is 22.5 Å². The fraction of sp³-hybridized carbons (Fsp3) is 0.143. The predicted octanol–water partition coefficient (Wildman–Crippen LogP) is 10.5. The van der Waals surface area contributed by atoms with Crippen LogP contribution in [-0.2, 0) is 25.5 Å². The summed E-state index contributed by atoms with van der Waals surface area (Å²) in [6.07, 6.45) is 6.13. The monoisotopic (exact) mass is 761 g/mol. The normalized spacial score (nSPS) is 12.7. The topological polar surface area (TPSA) is 25.8 Å². The zero-order chi connectivity index (χ0) is 30.7. The molecule has 225 valence electrons. The molecule has 0 aliphatic heterocycles. The van der Waals surface area contributed by atoms with Crippen molar-refractivity contribution in [2.45, 2.75) is 40.0 Å². The van der Waals surface area contributed by atoms with Gasteiger partial charge in [-0.25, -0.2) is 0 Å². The number of nitrogens with zero attached hydrogens (tertiary/aromatic N) is 2. The Morgan fingerprint density at radius 1 is 0.622 bits per heavy atom. The second-order valence-corrected chi connectivity index (χ2v) is 12.0. The van der Waals surface area contributed by atoms with E-state index in [4.69, 9.17) is 0 Å². The maximum absolute atomic E-state index is 4.55. The number of aromatic nitrogens is 2. The van der Waals surface area contributed by atoms with E-state index in [0.29, 0.717) is 0 Å². The van der Waals surface area contributed by atoms with E-state index in [1.807, 2.05) is 61.8 Å². The Morgan fingerprint density at radius 2 is 1.40 bits per heavy atom. The second-order valence-electron chi connectivity index (χ2n) is 12.0. The van der Waals surface area contributed by atoms with Gasteiger partial charge in [-0.05, 0) is 83.3 Å². The summed E-state index contributed by atoms with van der Waals surface area (Å²) in [5.41, 5.74) is 15.6. The third-order valence-corrected chi connectivity index (χ3v) is 8.44. The van der Waals surface area contributed by atoms with Crippen molar-refractivity contribution in [2.75, 3.05) is 0 Å². The minimum atomic E-state index is -0.0128. The smallest absolute Gasteiger partial charge is 0.0190 e. The van der Waals surface area contributed by atoms with Gasteiger partial charge in [-0.15, -0.1) is 71.3 Å². The zero-order valence-corrected chi connectivity index (χ0v) is 28.7. The van der Waals surface area contributed by atoms with Gasteiger partial charge in [-0.3, -0.25) is 0 Å². The van der Waals surface area contributed by atoms with Gasteiger partial charge in [0.15, 0.2) is 0 Å². The molecule has 0 spiro atoms. The number of benzene rings is 4. The largest absolute Gasteiger partial charge is 0.305 e. The SMILES string of the molecule is Cc1ccc(-c2[c-]cccc2)nc1.Cc1ccnc(-c2[c-]ccc(-c3ccc4c(c3C)C=C(c3ccccc3)C4(C)C)c2)c1.[Ir]. The van der Waals surface area contributed by atoms with E-state index in [-0.39, 0.29) is 25.5 Å². The summed E-state index contributed by atoms with van der Waals surface area (Å²) in [7, 11) is 0. The molecule has 0 saturated heterocycles. The van der Waals surface area contributed by atoms with Crippen LogP contribution in [0.3, 0.4) is 0 Å². The van der Waals surface area contributed by atoms with Gasteiger partial charge in [0.1, 0.15) is 0 Å². The van der Waals surface area contributed by atoms with Crippen LogP contribution >= 0.6 is 0 Å². The van der Waals surface area contributed by atoms with Crippen molar-refractivity contribution >= 4 is 11.6 Å². The standard InChI is InChI=1S/C30H26N.C12H10N.Ir/c1-20-15-16-31-29(17-20)24-12-8-11-23(18-24)25-13-14-27-26(21(25)2)19-28(30(27,3)4)22-9-6-5-7-10-22;1-10-7-8-12(13-9-10)11-5-3-2-4-6-11;/h5-11,13-19H,1-4H3;2-5,7-9H,1H3;/q2*-1;. The molecule has 0 fully saturated rings. The molecule has 3 heteroatoms. The first-order valence-corrected chi connectivity index (χ1v) is 15.1. The predicted molar refractivity (Wildman–Crippen MR) is 184 cm³/mol. The molecule has 2 aromatic heterocycles. The van der Waals surface area contributed by atoms with Crippen LogP contribution < -0.4 is 0 Å². The molecule has 2 nitrogen and oxygen atoms in total. The van der Waals surface area contributed by atoms with Gasteiger partial charge in [-0.1, -0.05) is 80.1 Å². The molecule has 0 atom stereocenters. The van der Waals surface area contributed by atoms with Crippen molar-refractivity contribution in [2.24, 2.45) is 0 Å². The van der Waals surface area contributed by atoms with Gasteiger partial charge in [0.2, 0.25) is 0 Å². The molecule has 1 aliphatic carbocycles. The van der Waals surface area contributed by atoms with E-state index >= 15 is 0 Å². The summed E-state index contributed by atoms with van der Waals surface area (Å²) in [6, 6.07) is 44.3. The molecule has 0 N–H and O–H groups in total. The van der Waals surface area contributed by atoms with Crippen LogP contribution in [0.2, 0.25) is 0 Å². The molecule has 1 radical (unpaired) electrons. The summed E-state index contributed by atoms with van der Waals surface area (Å²) in [5, 5.41) is 0. The molecule has 0 unspecified atom stereocenters.